The van der Waals surface area contributed by atoms with Crippen molar-refractivity contribution in [1.82, 2.24) is 5.32 Å². The maximum Gasteiger partial charge on any atom is 0.252 e. The molecule has 1 heterocycles. The molecule has 5 heteroatoms. The molecule has 0 aromatic heterocycles. The number of hydrogen-bond acceptors (Lipinski definition) is 3. The van der Waals surface area contributed by atoms with E-state index < -0.39 is 5.60 Å². The number of hydrogen-bond donors (Lipinski definition) is 2. The van der Waals surface area contributed by atoms with Crippen LogP contribution in [0.15, 0.2) is 24.3 Å². The molecule has 21 heavy (non-hydrogen) atoms. The van der Waals surface area contributed by atoms with E-state index in [1.807, 2.05) is 18.2 Å². The molecule has 0 bridgehead atoms. The Morgan fingerprint density at radius 2 is 2.00 bits per heavy atom. The molecule has 1 aromatic rings. The Kier molecular flexibility index (Phi) is 4.21. The Balaban J connectivity index is 1.63. The van der Waals surface area contributed by atoms with Gasteiger partial charge < -0.3 is 10.4 Å². The molecule has 0 radical (unpaired) electrons. The van der Waals surface area contributed by atoms with Gasteiger partial charge in [-0.2, -0.15) is 11.8 Å². The van der Waals surface area contributed by atoms with Gasteiger partial charge in [0.15, 0.2) is 0 Å². The molecule has 2 N–H and O–H groups in total. The molecule has 0 spiro atoms. The molecule has 1 aromatic carbocycles. The zero-order valence-corrected chi connectivity index (χ0v) is 13.5. The van der Waals surface area contributed by atoms with Gasteiger partial charge in [0, 0.05) is 17.0 Å². The lowest BCUT2D eigenvalue weighted by atomic mass is 9.93. The van der Waals surface area contributed by atoms with Crippen LogP contribution in [0.5, 0.6) is 0 Å². The number of halogens is 1. The van der Waals surface area contributed by atoms with Crippen molar-refractivity contribution in [2.45, 2.75) is 36.7 Å². The van der Waals surface area contributed by atoms with Gasteiger partial charge in [-0.1, -0.05) is 23.7 Å². The first kappa shape index (κ1) is 15.2. The number of carbonyl (C=O) groups excluding carboxylic acids is 1. The molecule has 3 nitrogen and oxygen atoms in total. The minimum atomic E-state index is -1.17. The van der Waals surface area contributed by atoms with Crippen LogP contribution in [0.3, 0.4) is 0 Å². The Bertz CT molecular complexity index is 539. The third-order valence-electron chi connectivity index (χ3n) is 4.62. The van der Waals surface area contributed by atoms with Gasteiger partial charge in [0.25, 0.3) is 5.91 Å². The minimum absolute atomic E-state index is 0.0142. The van der Waals surface area contributed by atoms with Crippen molar-refractivity contribution in [3.05, 3.63) is 34.9 Å². The van der Waals surface area contributed by atoms with Crippen molar-refractivity contribution in [2.24, 2.45) is 0 Å². The number of thioether (sulfide) groups is 1. The van der Waals surface area contributed by atoms with E-state index in [-0.39, 0.29) is 11.3 Å². The van der Waals surface area contributed by atoms with Crippen LogP contribution in [0.4, 0.5) is 0 Å². The first-order chi connectivity index (χ1) is 10.0. The van der Waals surface area contributed by atoms with E-state index in [0.717, 1.165) is 29.4 Å². The van der Waals surface area contributed by atoms with Crippen LogP contribution < -0.4 is 5.32 Å². The Morgan fingerprint density at radius 1 is 1.29 bits per heavy atom. The van der Waals surface area contributed by atoms with E-state index in [2.05, 4.69) is 11.4 Å². The Hall–Kier alpha value is -0.710. The van der Waals surface area contributed by atoms with E-state index in [0.29, 0.717) is 19.4 Å². The molecule has 2 aliphatic rings. The first-order valence-corrected chi connectivity index (χ1v) is 8.92. The molecular weight excluding hydrogens is 306 g/mol. The maximum absolute atomic E-state index is 12.3. The molecule has 114 valence electrons. The van der Waals surface area contributed by atoms with Crippen LogP contribution in [0.1, 0.15) is 31.2 Å². The van der Waals surface area contributed by atoms with Gasteiger partial charge in [0.2, 0.25) is 0 Å². The number of amides is 1. The second-order valence-electron chi connectivity index (χ2n) is 6.12. The highest BCUT2D eigenvalue weighted by molar-refractivity contribution is 7.99. The Morgan fingerprint density at radius 3 is 2.62 bits per heavy atom. The molecule has 0 atom stereocenters. The second-order valence-corrected chi connectivity index (χ2v) is 7.78. The number of carbonyl (C=O) groups is 1. The molecule has 3 rings (SSSR count). The van der Waals surface area contributed by atoms with E-state index in [1.54, 1.807) is 11.8 Å². The van der Waals surface area contributed by atoms with Gasteiger partial charge in [0.1, 0.15) is 5.60 Å². The molecule has 1 aliphatic heterocycles. The monoisotopic (exact) mass is 325 g/mol. The quantitative estimate of drug-likeness (QED) is 0.895. The van der Waals surface area contributed by atoms with Gasteiger partial charge in [-0.3, -0.25) is 4.79 Å². The largest absolute Gasteiger partial charge is 0.380 e. The highest BCUT2D eigenvalue weighted by Crippen LogP contribution is 2.48. The molecule has 1 saturated carbocycles. The van der Waals surface area contributed by atoms with Crippen molar-refractivity contribution in [1.29, 1.82) is 0 Å². The van der Waals surface area contributed by atoms with E-state index >= 15 is 0 Å². The van der Waals surface area contributed by atoms with Gasteiger partial charge in [0.05, 0.1) is 0 Å². The maximum atomic E-state index is 12.3. The lowest BCUT2D eigenvalue weighted by Gasteiger charge is -2.31. The van der Waals surface area contributed by atoms with Crippen molar-refractivity contribution in [2.75, 3.05) is 18.1 Å². The zero-order valence-electron chi connectivity index (χ0n) is 11.9. The number of rotatable bonds is 4. The summed E-state index contributed by atoms with van der Waals surface area (Å²) in [4.78, 5) is 12.3. The summed E-state index contributed by atoms with van der Waals surface area (Å²) in [7, 11) is 0. The minimum Gasteiger partial charge on any atom is -0.380 e. The fourth-order valence-corrected chi connectivity index (χ4v) is 4.25. The van der Waals surface area contributed by atoms with E-state index in [1.165, 1.54) is 5.56 Å². The van der Waals surface area contributed by atoms with E-state index in [4.69, 9.17) is 11.6 Å². The van der Waals surface area contributed by atoms with Crippen LogP contribution in [0.2, 0.25) is 5.02 Å². The first-order valence-electron chi connectivity index (χ1n) is 7.39. The van der Waals surface area contributed by atoms with Crippen molar-refractivity contribution < 1.29 is 9.90 Å². The topological polar surface area (TPSA) is 49.3 Å². The summed E-state index contributed by atoms with van der Waals surface area (Å²) in [5.74, 6) is 1.49. The highest BCUT2D eigenvalue weighted by atomic mass is 35.5. The summed E-state index contributed by atoms with van der Waals surface area (Å²) >= 11 is 7.85. The fraction of sp³-hybridized carbons (Fsp3) is 0.562. The molecule has 0 unspecified atom stereocenters. The Labute approximate surface area is 134 Å². The average Bonchev–Trinajstić information content (AvgIpc) is 3.27. The predicted octanol–water partition coefficient (Wildman–Crippen LogP) is 2.75. The normalized spacial score (nSPS) is 22.6. The van der Waals surface area contributed by atoms with Gasteiger partial charge in [-0.25, -0.2) is 0 Å². The predicted molar refractivity (Wildman–Crippen MR) is 86.9 cm³/mol. The van der Waals surface area contributed by atoms with Crippen LogP contribution in [-0.2, 0) is 10.2 Å². The van der Waals surface area contributed by atoms with Gasteiger partial charge >= 0.3 is 0 Å². The molecule has 1 amide bonds. The number of nitrogens with one attached hydrogen (secondary N) is 1. The fourth-order valence-electron chi connectivity index (χ4n) is 2.89. The van der Waals surface area contributed by atoms with Crippen molar-refractivity contribution in [3.8, 4) is 0 Å². The number of aliphatic hydroxyl groups is 1. The SMILES string of the molecule is O=C(NCC1(c2cccc(Cl)c2)CC1)C1(O)CCSCC1. The van der Waals surface area contributed by atoms with Crippen LogP contribution in [0.25, 0.3) is 0 Å². The summed E-state index contributed by atoms with van der Waals surface area (Å²) < 4.78 is 0. The lowest BCUT2D eigenvalue weighted by molar-refractivity contribution is -0.140. The van der Waals surface area contributed by atoms with Gasteiger partial charge in [-0.05, 0) is 54.9 Å². The highest BCUT2D eigenvalue weighted by Gasteiger charge is 2.46. The third-order valence-corrected chi connectivity index (χ3v) is 5.84. The standard InChI is InChI=1S/C16H20ClNO2S/c17-13-3-1-2-12(10-13)15(4-5-15)11-18-14(19)16(20)6-8-21-9-7-16/h1-3,10,20H,4-9,11H2,(H,18,19). The average molecular weight is 326 g/mol. The van der Waals surface area contributed by atoms with Crippen molar-refractivity contribution >= 4 is 29.3 Å². The van der Waals surface area contributed by atoms with Crippen molar-refractivity contribution in [3.63, 3.8) is 0 Å². The lowest BCUT2D eigenvalue weighted by Crippen LogP contribution is -2.50. The second kappa shape index (κ2) is 5.82. The molecule has 1 saturated heterocycles. The smallest absolute Gasteiger partial charge is 0.252 e. The zero-order chi connectivity index (χ0) is 14.9. The summed E-state index contributed by atoms with van der Waals surface area (Å²) in [6.07, 6.45) is 3.21. The molecular formula is C16H20ClNO2S. The summed E-state index contributed by atoms with van der Waals surface area (Å²) in [5.41, 5.74) is 0.0252. The third kappa shape index (κ3) is 3.22. The number of benzene rings is 1. The van der Waals surface area contributed by atoms with Crippen LogP contribution in [0, 0.1) is 0 Å². The molecule has 1 aliphatic carbocycles. The summed E-state index contributed by atoms with van der Waals surface area (Å²) in [5, 5.41) is 14.1. The van der Waals surface area contributed by atoms with E-state index in [9.17, 15) is 9.90 Å². The van der Waals surface area contributed by atoms with Crippen LogP contribution >= 0.6 is 23.4 Å². The summed E-state index contributed by atoms with van der Waals surface area (Å²) in [6, 6.07) is 7.86. The van der Waals surface area contributed by atoms with Gasteiger partial charge in [-0.15, -0.1) is 0 Å². The molecule has 2 fully saturated rings. The summed E-state index contributed by atoms with van der Waals surface area (Å²) in [6.45, 7) is 0.585. The van der Waals surface area contributed by atoms with Crippen LogP contribution in [-0.4, -0.2) is 34.7 Å².